The summed E-state index contributed by atoms with van der Waals surface area (Å²) in [7, 11) is 0. The fourth-order valence-electron chi connectivity index (χ4n) is 4.60. The zero-order valence-corrected chi connectivity index (χ0v) is 17.9. The molecule has 0 atom stereocenters. The minimum atomic E-state index is -0.897. The topological polar surface area (TPSA) is 0 Å². The first-order chi connectivity index (χ1) is 13.6. The van der Waals surface area contributed by atoms with E-state index in [-0.39, 0.29) is 0 Å². The molecule has 1 saturated carbocycles. The van der Waals surface area contributed by atoms with Crippen LogP contribution in [0.5, 0.6) is 0 Å². The summed E-state index contributed by atoms with van der Waals surface area (Å²) >= 11 is 0. The first-order valence-corrected chi connectivity index (χ1v) is 11.5. The zero-order valence-electron chi connectivity index (χ0n) is 17.9. The summed E-state index contributed by atoms with van der Waals surface area (Å²) in [6.07, 6.45) is 11.4. The molecule has 0 nitrogen and oxygen atoms in total. The highest BCUT2D eigenvalue weighted by atomic mass is 19.1. The van der Waals surface area contributed by atoms with Gasteiger partial charge in [0.05, 0.1) is 0 Å². The van der Waals surface area contributed by atoms with Gasteiger partial charge in [0, 0.05) is 0 Å². The molecule has 0 amide bonds. The number of benzene rings is 2. The summed E-state index contributed by atoms with van der Waals surface area (Å²) in [5.74, 6) is 0.528. The van der Waals surface area contributed by atoms with Crippen LogP contribution in [-0.2, 0) is 6.42 Å². The number of halogens is 1. The summed E-state index contributed by atoms with van der Waals surface area (Å²) in [6.45, 7) is 4.40. The molecule has 0 heterocycles. The van der Waals surface area contributed by atoms with E-state index in [9.17, 15) is 4.39 Å². The first-order valence-electron chi connectivity index (χ1n) is 11.5. The molecule has 1 fully saturated rings. The van der Waals surface area contributed by atoms with Gasteiger partial charge in [-0.3, -0.25) is 0 Å². The van der Waals surface area contributed by atoms with Crippen molar-refractivity contribution in [1.29, 1.82) is 0 Å². The molecule has 0 radical (unpaired) electrons. The molecule has 0 aromatic heterocycles. The van der Waals surface area contributed by atoms with Crippen LogP contribution in [0.2, 0.25) is 0 Å². The maximum atomic E-state index is 14.9. The zero-order chi connectivity index (χ0) is 19.8. The molecule has 1 aliphatic carbocycles. The van der Waals surface area contributed by atoms with E-state index in [0.717, 1.165) is 44.9 Å². The molecule has 1 aliphatic rings. The van der Waals surface area contributed by atoms with E-state index in [0.29, 0.717) is 5.92 Å². The monoisotopic (exact) mass is 380 g/mol. The van der Waals surface area contributed by atoms with Crippen molar-refractivity contribution in [2.24, 2.45) is 0 Å². The highest BCUT2D eigenvalue weighted by Gasteiger charge is 2.34. The molecule has 152 valence electrons. The third kappa shape index (κ3) is 5.69. The van der Waals surface area contributed by atoms with Crippen LogP contribution in [0.3, 0.4) is 0 Å². The lowest BCUT2D eigenvalue weighted by molar-refractivity contribution is 0.0856. The normalized spacial score (nSPS) is 22.3. The van der Waals surface area contributed by atoms with E-state index in [1.807, 2.05) is 0 Å². The molecule has 0 saturated heterocycles. The molecule has 0 unspecified atom stereocenters. The SMILES string of the molecule is CCCCCc1ccc(-c2ccc(C3CCC(F)(CCCC)CC3)cc2)cc1. The maximum absolute atomic E-state index is 14.9. The Morgan fingerprint density at radius 3 is 1.93 bits per heavy atom. The molecule has 28 heavy (non-hydrogen) atoms. The second kappa shape index (κ2) is 10.2. The Kier molecular flexibility index (Phi) is 7.71. The predicted octanol–water partition coefficient (Wildman–Crippen LogP) is 8.64. The largest absolute Gasteiger partial charge is 0.244 e. The molecule has 3 rings (SSSR count). The van der Waals surface area contributed by atoms with Crippen molar-refractivity contribution in [2.75, 3.05) is 0 Å². The Hall–Kier alpha value is -1.63. The molecular formula is C27H37F. The first kappa shape index (κ1) is 21.1. The average Bonchev–Trinajstić information content (AvgIpc) is 2.74. The average molecular weight is 381 g/mol. The van der Waals surface area contributed by atoms with Gasteiger partial charge in [0.15, 0.2) is 0 Å². The molecule has 2 aromatic carbocycles. The van der Waals surface area contributed by atoms with Crippen molar-refractivity contribution >= 4 is 0 Å². The molecule has 1 heteroatoms. The maximum Gasteiger partial charge on any atom is 0.111 e. The Morgan fingerprint density at radius 2 is 1.36 bits per heavy atom. The quantitative estimate of drug-likeness (QED) is 0.382. The van der Waals surface area contributed by atoms with E-state index in [4.69, 9.17) is 0 Å². The fourth-order valence-corrected chi connectivity index (χ4v) is 4.60. The van der Waals surface area contributed by atoms with Crippen LogP contribution in [0.15, 0.2) is 48.5 Å². The standard InChI is InChI=1S/C27H37F/c1-3-5-7-8-22-9-11-23(12-10-22)24-13-15-25(16-14-24)26-17-20-27(28,21-18-26)19-6-4-2/h9-16,26H,3-8,17-21H2,1-2H3. The Labute approximate surface area is 171 Å². The van der Waals surface area contributed by atoms with Crippen LogP contribution in [-0.4, -0.2) is 5.67 Å². The van der Waals surface area contributed by atoms with Gasteiger partial charge in [-0.15, -0.1) is 0 Å². The van der Waals surface area contributed by atoms with E-state index < -0.39 is 5.67 Å². The van der Waals surface area contributed by atoms with E-state index in [1.54, 1.807) is 0 Å². The molecule has 0 N–H and O–H groups in total. The highest BCUT2D eigenvalue weighted by molar-refractivity contribution is 5.64. The van der Waals surface area contributed by atoms with Crippen molar-refractivity contribution < 1.29 is 4.39 Å². The van der Waals surface area contributed by atoms with Crippen LogP contribution < -0.4 is 0 Å². The van der Waals surface area contributed by atoms with Crippen molar-refractivity contribution in [3.63, 3.8) is 0 Å². The number of unbranched alkanes of at least 4 members (excludes halogenated alkanes) is 3. The molecular weight excluding hydrogens is 343 g/mol. The van der Waals surface area contributed by atoms with Crippen molar-refractivity contribution in [3.8, 4) is 11.1 Å². The molecule has 0 bridgehead atoms. The van der Waals surface area contributed by atoms with Crippen LogP contribution in [0, 0.1) is 0 Å². The second-order valence-electron chi connectivity index (χ2n) is 8.80. The smallest absolute Gasteiger partial charge is 0.111 e. The van der Waals surface area contributed by atoms with Crippen LogP contribution in [0.25, 0.3) is 11.1 Å². The van der Waals surface area contributed by atoms with Crippen molar-refractivity contribution in [3.05, 3.63) is 59.7 Å². The van der Waals surface area contributed by atoms with Gasteiger partial charge in [0.2, 0.25) is 0 Å². The lowest BCUT2D eigenvalue weighted by Crippen LogP contribution is -2.28. The lowest BCUT2D eigenvalue weighted by Gasteiger charge is -2.34. The lowest BCUT2D eigenvalue weighted by atomic mass is 9.75. The molecule has 0 aliphatic heterocycles. The van der Waals surface area contributed by atoms with E-state index >= 15 is 0 Å². The highest BCUT2D eigenvalue weighted by Crippen LogP contribution is 2.42. The van der Waals surface area contributed by atoms with E-state index in [1.165, 1.54) is 47.9 Å². The van der Waals surface area contributed by atoms with Gasteiger partial charge in [-0.2, -0.15) is 0 Å². The number of hydrogen-bond donors (Lipinski definition) is 0. The van der Waals surface area contributed by atoms with Gasteiger partial charge in [-0.25, -0.2) is 4.39 Å². The predicted molar refractivity (Wildman–Crippen MR) is 120 cm³/mol. The molecule has 2 aromatic rings. The van der Waals surface area contributed by atoms with Gasteiger partial charge >= 0.3 is 0 Å². The van der Waals surface area contributed by atoms with Gasteiger partial charge in [0.25, 0.3) is 0 Å². The van der Waals surface area contributed by atoms with Gasteiger partial charge < -0.3 is 0 Å². The number of rotatable bonds is 9. The summed E-state index contributed by atoms with van der Waals surface area (Å²) in [6, 6.07) is 18.1. The van der Waals surface area contributed by atoms with Gasteiger partial charge in [-0.05, 0) is 73.1 Å². The summed E-state index contributed by atoms with van der Waals surface area (Å²) < 4.78 is 14.9. The van der Waals surface area contributed by atoms with E-state index in [2.05, 4.69) is 62.4 Å². The fraction of sp³-hybridized carbons (Fsp3) is 0.556. The summed E-state index contributed by atoms with van der Waals surface area (Å²) in [5, 5.41) is 0. The molecule has 0 spiro atoms. The third-order valence-electron chi connectivity index (χ3n) is 6.60. The minimum Gasteiger partial charge on any atom is -0.244 e. The van der Waals surface area contributed by atoms with Crippen LogP contribution in [0.1, 0.15) is 95.1 Å². The number of hydrogen-bond acceptors (Lipinski definition) is 0. The number of alkyl halides is 1. The van der Waals surface area contributed by atoms with Crippen molar-refractivity contribution in [1.82, 2.24) is 0 Å². The van der Waals surface area contributed by atoms with Crippen LogP contribution in [0.4, 0.5) is 4.39 Å². The summed E-state index contributed by atoms with van der Waals surface area (Å²) in [4.78, 5) is 0. The van der Waals surface area contributed by atoms with Crippen molar-refractivity contribution in [2.45, 2.75) is 96.1 Å². The number of aryl methyl sites for hydroxylation is 1. The summed E-state index contributed by atoms with van der Waals surface area (Å²) in [5.41, 5.74) is 4.50. The Bertz CT molecular complexity index is 690. The Balaban J connectivity index is 1.57. The third-order valence-corrected chi connectivity index (χ3v) is 6.60. The minimum absolute atomic E-state index is 0.528. The second-order valence-corrected chi connectivity index (χ2v) is 8.80. The van der Waals surface area contributed by atoms with Gasteiger partial charge in [-0.1, -0.05) is 88.1 Å². The Morgan fingerprint density at radius 1 is 0.786 bits per heavy atom. The van der Waals surface area contributed by atoms with Gasteiger partial charge in [0.1, 0.15) is 5.67 Å². The van der Waals surface area contributed by atoms with Crippen LogP contribution >= 0.6 is 0 Å².